The molecule has 0 aliphatic carbocycles. The number of pyridine rings is 1. The second-order valence-electron chi connectivity index (χ2n) is 4.51. The topological polar surface area (TPSA) is 91.3 Å². The molecule has 0 saturated carbocycles. The number of hydrogen-bond donors (Lipinski definition) is 3. The van der Waals surface area contributed by atoms with E-state index in [1.165, 1.54) is 24.8 Å². The highest BCUT2D eigenvalue weighted by atomic mass is 16.4. The molecule has 1 aromatic heterocycles. The van der Waals surface area contributed by atoms with Gasteiger partial charge in [-0.3, -0.25) is 4.98 Å². The van der Waals surface area contributed by atoms with Crippen LogP contribution in [0.1, 0.15) is 48.7 Å². The van der Waals surface area contributed by atoms with Crippen molar-refractivity contribution >= 4 is 12.0 Å². The molecular weight excluding hydrogens is 258 g/mol. The fourth-order valence-electron chi connectivity index (χ4n) is 1.69. The first-order valence-electron chi connectivity index (χ1n) is 6.83. The third kappa shape index (κ3) is 6.17. The van der Waals surface area contributed by atoms with Gasteiger partial charge in [-0.25, -0.2) is 9.59 Å². The van der Waals surface area contributed by atoms with E-state index in [1.54, 1.807) is 0 Å². The van der Waals surface area contributed by atoms with Crippen molar-refractivity contribution < 1.29 is 14.7 Å². The van der Waals surface area contributed by atoms with E-state index in [1.807, 2.05) is 0 Å². The Morgan fingerprint density at radius 3 is 2.75 bits per heavy atom. The number of amides is 2. The maximum absolute atomic E-state index is 11.5. The zero-order valence-electron chi connectivity index (χ0n) is 11.7. The molecule has 3 N–H and O–H groups in total. The van der Waals surface area contributed by atoms with Crippen molar-refractivity contribution in [2.75, 3.05) is 6.54 Å². The van der Waals surface area contributed by atoms with Crippen LogP contribution in [-0.4, -0.2) is 28.6 Å². The molecule has 0 unspecified atom stereocenters. The van der Waals surface area contributed by atoms with E-state index in [4.69, 9.17) is 5.11 Å². The highest BCUT2D eigenvalue weighted by Crippen LogP contribution is 2.01. The van der Waals surface area contributed by atoms with E-state index in [0.29, 0.717) is 12.2 Å². The summed E-state index contributed by atoms with van der Waals surface area (Å²) < 4.78 is 0. The summed E-state index contributed by atoms with van der Waals surface area (Å²) in [5.74, 6) is -1.01. The Balaban J connectivity index is 2.27. The molecule has 0 aromatic carbocycles. The molecule has 1 rings (SSSR count). The average molecular weight is 279 g/mol. The number of carbonyl (C=O) groups is 2. The quantitative estimate of drug-likeness (QED) is 0.636. The summed E-state index contributed by atoms with van der Waals surface area (Å²) in [5, 5.41) is 14.3. The fraction of sp³-hybridized carbons (Fsp3) is 0.500. The van der Waals surface area contributed by atoms with Gasteiger partial charge >= 0.3 is 12.0 Å². The van der Waals surface area contributed by atoms with Crippen molar-refractivity contribution in [3.63, 3.8) is 0 Å². The molecule has 6 heteroatoms. The Bertz CT molecular complexity index is 449. The van der Waals surface area contributed by atoms with Gasteiger partial charge in [0.05, 0.1) is 17.8 Å². The molecule has 0 aliphatic rings. The van der Waals surface area contributed by atoms with Crippen LogP contribution in [-0.2, 0) is 6.54 Å². The number of hydrogen-bond acceptors (Lipinski definition) is 3. The maximum Gasteiger partial charge on any atom is 0.335 e. The molecular formula is C14H21N3O3. The molecule has 0 atom stereocenters. The van der Waals surface area contributed by atoms with Crippen molar-refractivity contribution in [3.8, 4) is 0 Å². The number of aromatic carboxylic acids is 1. The minimum atomic E-state index is -1.01. The summed E-state index contributed by atoms with van der Waals surface area (Å²) in [6.07, 6.45) is 5.84. The van der Waals surface area contributed by atoms with E-state index in [-0.39, 0.29) is 18.1 Å². The minimum Gasteiger partial charge on any atom is -0.478 e. The summed E-state index contributed by atoms with van der Waals surface area (Å²) in [5.41, 5.74) is 0.683. The Morgan fingerprint density at radius 2 is 2.05 bits per heavy atom. The lowest BCUT2D eigenvalue weighted by atomic mass is 10.2. The van der Waals surface area contributed by atoms with Crippen molar-refractivity contribution in [2.45, 2.75) is 39.2 Å². The number of nitrogens with one attached hydrogen (secondary N) is 2. The second kappa shape index (κ2) is 8.90. The van der Waals surface area contributed by atoms with Crippen molar-refractivity contribution in [1.29, 1.82) is 0 Å². The van der Waals surface area contributed by atoms with Crippen LogP contribution in [0, 0.1) is 0 Å². The van der Waals surface area contributed by atoms with Gasteiger partial charge < -0.3 is 15.7 Å². The third-order valence-electron chi connectivity index (χ3n) is 2.81. The van der Waals surface area contributed by atoms with Gasteiger partial charge in [-0.1, -0.05) is 26.2 Å². The van der Waals surface area contributed by atoms with Gasteiger partial charge in [0.1, 0.15) is 0 Å². The number of rotatable bonds is 8. The maximum atomic E-state index is 11.5. The standard InChI is InChI=1S/C14H21N3O3/c1-2-3-4-5-7-16-14(20)17-10-12-9-11(13(18)19)6-8-15-12/h6,8-9H,2-5,7,10H2,1H3,(H,18,19)(H2,16,17,20). The molecule has 110 valence electrons. The van der Waals surface area contributed by atoms with E-state index >= 15 is 0 Å². The first-order chi connectivity index (χ1) is 9.63. The lowest BCUT2D eigenvalue weighted by Gasteiger charge is -2.07. The van der Waals surface area contributed by atoms with Crippen LogP contribution in [0.15, 0.2) is 18.3 Å². The molecule has 0 bridgehead atoms. The monoisotopic (exact) mass is 279 g/mol. The van der Waals surface area contributed by atoms with E-state index < -0.39 is 5.97 Å². The molecule has 0 spiro atoms. The van der Waals surface area contributed by atoms with Crippen molar-refractivity contribution in [2.24, 2.45) is 0 Å². The first-order valence-corrected chi connectivity index (χ1v) is 6.83. The molecule has 0 radical (unpaired) electrons. The Hall–Kier alpha value is -2.11. The number of aromatic nitrogens is 1. The molecule has 6 nitrogen and oxygen atoms in total. The number of urea groups is 1. The Morgan fingerprint density at radius 1 is 1.25 bits per heavy atom. The summed E-state index contributed by atoms with van der Waals surface area (Å²) in [7, 11) is 0. The van der Waals surface area contributed by atoms with Crippen molar-refractivity contribution in [3.05, 3.63) is 29.6 Å². The summed E-state index contributed by atoms with van der Waals surface area (Å²) in [6.45, 7) is 2.99. The number of carbonyl (C=O) groups excluding carboxylic acids is 1. The minimum absolute atomic E-state index is 0.164. The van der Waals surface area contributed by atoms with E-state index in [9.17, 15) is 9.59 Å². The lowest BCUT2D eigenvalue weighted by molar-refractivity contribution is 0.0696. The third-order valence-corrected chi connectivity index (χ3v) is 2.81. The lowest BCUT2D eigenvalue weighted by Crippen LogP contribution is -2.35. The van der Waals surface area contributed by atoms with Crippen LogP contribution < -0.4 is 10.6 Å². The average Bonchev–Trinajstić information content (AvgIpc) is 2.45. The number of carboxylic acid groups (broad SMARTS) is 1. The highest BCUT2D eigenvalue weighted by molar-refractivity contribution is 5.87. The van der Waals surface area contributed by atoms with E-state index in [0.717, 1.165) is 19.3 Å². The van der Waals surface area contributed by atoms with E-state index in [2.05, 4.69) is 22.5 Å². The Labute approximate surface area is 118 Å². The SMILES string of the molecule is CCCCCCNC(=O)NCc1cc(C(=O)O)ccn1. The molecule has 0 fully saturated rings. The van der Waals surface area contributed by atoms with Gasteiger partial charge in [-0.2, -0.15) is 0 Å². The summed E-state index contributed by atoms with van der Waals surface area (Å²) in [4.78, 5) is 26.3. The van der Waals surface area contributed by atoms with Crippen LogP contribution in [0.5, 0.6) is 0 Å². The molecule has 0 aliphatic heterocycles. The van der Waals surface area contributed by atoms with Crippen LogP contribution >= 0.6 is 0 Å². The number of unbranched alkanes of at least 4 members (excludes halogenated alkanes) is 3. The largest absolute Gasteiger partial charge is 0.478 e. The van der Waals surface area contributed by atoms with Gasteiger partial charge in [0.2, 0.25) is 0 Å². The predicted molar refractivity (Wildman–Crippen MR) is 75.6 cm³/mol. The van der Waals surface area contributed by atoms with Gasteiger partial charge in [0.25, 0.3) is 0 Å². The fourth-order valence-corrected chi connectivity index (χ4v) is 1.69. The predicted octanol–water partition coefficient (Wildman–Crippen LogP) is 2.16. The number of nitrogens with zero attached hydrogens (tertiary/aromatic N) is 1. The zero-order valence-corrected chi connectivity index (χ0v) is 11.7. The first kappa shape index (κ1) is 15.9. The van der Waals surface area contributed by atoms with Crippen LogP contribution in [0.3, 0.4) is 0 Å². The van der Waals surface area contributed by atoms with Crippen LogP contribution in [0.4, 0.5) is 4.79 Å². The van der Waals surface area contributed by atoms with Crippen LogP contribution in [0.2, 0.25) is 0 Å². The molecule has 1 aromatic rings. The smallest absolute Gasteiger partial charge is 0.335 e. The summed E-state index contributed by atoms with van der Waals surface area (Å²) in [6, 6.07) is 2.60. The highest BCUT2D eigenvalue weighted by Gasteiger charge is 2.05. The number of carboxylic acids is 1. The normalized spacial score (nSPS) is 10.1. The molecule has 1 heterocycles. The van der Waals surface area contributed by atoms with Crippen molar-refractivity contribution in [1.82, 2.24) is 15.6 Å². The van der Waals surface area contributed by atoms with Gasteiger partial charge in [-0.05, 0) is 18.6 Å². The van der Waals surface area contributed by atoms with Gasteiger partial charge in [-0.15, -0.1) is 0 Å². The molecule has 20 heavy (non-hydrogen) atoms. The second-order valence-corrected chi connectivity index (χ2v) is 4.51. The molecule has 0 saturated heterocycles. The summed E-state index contributed by atoms with van der Waals surface area (Å²) >= 11 is 0. The Kier molecular flexibility index (Phi) is 7.10. The zero-order chi connectivity index (χ0) is 14.8. The molecule has 2 amide bonds. The van der Waals surface area contributed by atoms with Crippen LogP contribution in [0.25, 0.3) is 0 Å². The van der Waals surface area contributed by atoms with Gasteiger partial charge in [0.15, 0.2) is 0 Å². The van der Waals surface area contributed by atoms with Gasteiger partial charge in [0, 0.05) is 12.7 Å².